The van der Waals surface area contributed by atoms with Crippen molar-refractivity contribution in [2.45, 2.75) is 24.6 Å². The highest BCUT2D eigenvalue weighted by atomic mass is 19.1. The van der Waals surface area contributed by atoms with Crippen LogP contribution in [-0.4, -0.2) is 45.4 Å². The number of halogens is 1. The normalized spacial score (nSPS) is 25.5. The van der Waals surface area contributed by atoms with Crippen LogP contribution in [0.15, 0.2) is 48.7 Å². The van der Waals surface area contributed by atoms with Gasteiger partial charge in [-0.3, -0.25) is 9.88 Å². The number of aromatic nitrogens is 1. The first-order chi connectivity index (χ1) is 10.7. The molecule has 0 saturated carbocycles. The lowest BCUT2D eigenvalue weighted by molar-refractivity contribution is 0.0636. The van der Waals surface area contributed by atoms with Gasteiger partial charge in [-0.2, -0.15) is 0 Å². The lowest BCUT2D eigenvalue weighted by Crippen LogP contribution is -2.38. The highest BCUT2D eigenvalue weighted by molar-refractivity contribution is 5.24. The Labute approximate surface area is 128 Å². The number of rotatable bonds is 4. The maximum atomic E-state index is 12.9. The van der Waals surface area contributed by atoms with Crippen LogP contribution >= 0.6 is 0 Å². The lowest BCUT2D eigenvalue weighted by atomic mass is 9.94. The molecule has 5 heteroatoms. The van der Waals surface area contributed by atoms with Gasteiger partial charge in [-0.05, 0) is 17.7 Å². The first-order valence-electron chi connectivity index (χ1n) is 7.37. The van der Waals surface area contributed by atoms with Crippen molar-refractivity contribution < 1.29 is 14.6 Å². The van der Waals surface area contributed by atoms with Crippen LogP contribution in [0.5, 0.6) is 0 Å². The van der Waals surface area contributed by atoms with E-state index in [0.29, 0.717) is 13.1 Å². The fourth-order valence-electron chi connectivity index (χ4n) is 3.10. The third kappa shape index (κ3) is 3.02. The van der Waals surface area contributed by atoms with E-state index < -0.39 is 6.10 Å². The fraction of sp³-hybridized carbons (Fsp3) is 0.353. The topological polar surface area (TPSA) is 56.6 Å². The van der Waals surface area contributed by atoms with E-state index in [1.165, 1.54) is 12.3 Å². The van der Waals surface area contributed by atoms with Crippen molar-refractivity contribution in [3.8, 4) is 0 Å². The van der Waals surface area contributed by atoms with Crippen molar-refractivity contribution in [1.82, 2.24) is 9.88 Å². The molecule has 1 aliphatic heterocycles. The molecule has 1 aromatic heterocycles. The minimum Gasteiger partial charge on any atom is -0.395 e. The van der Waals surface area contributed by atoms with Crippen molar-refractivity contribution in [1.29, 1.82) is 0 Å². The quantitative estimate of drug-likeness (QED) is 0.899. The number of benzene rings is 1. The Hall–Kier alpha value is -1.82. The van der Waals surface area contributed by atoms with Gasteiger partial charge in [0, 0.05) is 19.0 Å². The second-order valence-corrected chi connectivity index (χ2v) is 5.65. The van der Waals surface area contributed by atoms with Gasteiger partial charge in [0.25, 0.3) is 0 Å². The average Bonchev–Trinajstić information content (AvgIpc) is 2.86. The predicted molar refractivity (Wildman–Crippen MR) is 80.7 cm³/mol. The van der Waals surface area contributed by atoms with Gasteiger partial charge in [-0.25, -0.2) is 4.39 Å². The minimum atomic E-state index is -0.632. The molecule has 0 aliphatic carbocycles. The van der Waals surface area contributed by atoms with E-state index in [-0.39, 0.29) is 24.4 Å². The molecule has 3 rings (SSSR count). The van der Waals surface area contributed by atoms with Crippen LogP contribution in [0.4, 0.5) is 4.39 Å². The smallest absolute Gasteiger partial charge is 0.141 e. The number of likely N-dealkylation sites (tertiary alicyclic amines) is 1. The van der Waals surface area contributed by atoms with Crippen LogP contribution in [0, 0.1) is 5.82 Å². The first kappa shape index (κ1) is 15.1. The molecule has 0 amide bonds. The highest BCUT2D eigenvalue weighted by Crippen LogP contribution is 2.32. The molecule has 1 aliphatic rings. The molecule has 1 saturated heterocycles. The molecule has 2 N–H and O–H groups in total. The van der Waals surface area contributed by atoms with Gasteiger partial charge in [0.05, 0.1) is 30.6 Å². The molecule has 0 unspecified atom stereocenters. The Morgan fingerprint density at radius 3 is 2.59 bits per heavy atom. The minimum absolute atomic E-state index is 0.0428. The monoisotopic (exact) mass is 302 g/mol. The van der Waals surface area contributed by atoms with Crippen molar-refractivity contribution in [2.75, 3.05) is 13.2 Å². The van der Waals surface area contributed by atoms with Crippen LogP contribution in [0.3, 0.4) is 0 Å². The van der Waals surface area contributed by atoms with Gasteiger partial charge in [0.15, 0.2) is 0 Å². The Bertz CT molecular complexity index is 606. The van der Waals surface area contributed by atoms with Gasteiger partial charge >= 0.3 is 0 Å². The highest BCUT2D eigenvalue weighted by Gasteiger charge is 2.40. The van der Waals surface area contributed by atoms with Gasteiger partial charge in [-0.1, -0.05) is 30.3 Å². The fourth-order valence-corrected chi connectivity index (χ4v) is 3.10. The number of hydrogen-bond acceptors (Lipinski definition) is 4. The number of aliphatic hydroxyl groups is 2. The SMILES string of the molecule is OC[C@@H]1[C@H](O)[C@@H](c2ccccc2)CN1Cc1ccc(F)cn1. The maximum absolute atomic E-state index is 12.9. The number of nitrogens with zero attached hydrogens (tertiary/aromatic N) is 2. The summed E-state index contributed by atoms with van der Waals surface area (Å²) in [7, 11) is 0. The Morgan fingerprint density at radius 2 is 1.95 bits per heavy atom. The van der Waals surface area contributed by atoms with Crippen LogP contribution < -0.4 is 0 Å². The Morgan fingerprint density at radius 1 is 1.18 bits per heavy atom. The molecule has 116 valence electrons. The van der Waals surface area contributed by atoms with Gasteiger partial charge < -0.3 is 10.2 Å². The van der Waals surface area contributed by atoms with E-state index in [1.54, 1.807) is 6.07 Å². The molecule has 2 heterocycles. The molecule has 1 aromatic carbocycles. The third-order valence-corrected chi connectivity index (χ3v) is 4.28. The van der Waals surface area contributed by atoms with Crippen LogP contribution in [-0.2, 0) is 6.54 Å². The summed E-state index contributed by atoms with van der Waals surface area (Å²) in [5, 5.41) is 20.1. The van der Waals surface area contributed by atoms with Crippen LogP contribution in [0.25, 0.3) is 0 Å². The molecule has 3 atom stereocenters. The van der Waals surface area contributed by atoms with Gasteiger partial charge in [0.1, 0.15) is 5.82 Å². The van der Waals surface area contributed by atoms with Gasteiger partial charge in [-0.15, -0.1) is 0 Å². The van der Waals surface area contributed by atoms with Crippen molar-refractivity contribution in [2.24, 2.45) is 0 Å². The van der Waals surface area contributed by atoms with E-state index in [0.717, 1.165) is 11.3 Å². The summed E-state index contributed by atoms with van der Waals surface area (Å²) in [6.45, 7) is 0.993. The van der Waals surface area contributed by atoms with Crippen molar-refractivity contribution >= 4 is 0 Å². The molecule has 1 fully saturated rings. The summed E-state index contributed by atoms with van der Waals surface area (Å²) in [6.07, 6.45) is 0.553. The predicted octanol–water partition coefficient (Wildman–Crippen LogP) is 1.54. The van der Waals surface area contributed by atoms with Gasteiger partial charge in [0.2, 0.25) is 0 Å². The molecule has 4 nitrogen and oxygen atoms in total. The summed E-state index contributed by atoms with van der Waals surface area (Å²) < 4.78 is 12.9. The summed E-state index contributed by atoms with van der Waals surface area (Å²) in [5.41, 5.74) is 1.78. The molecule has 22 heavy (non-hydrogen) atoms. The largest absolute Gasteiger partial charge is 0.395 e. The van der Waals surface area contributed by atoms with E-state index in [4.69, 9.17) is 0 Å². The molecule has 0 radical (unpaired) electrons. The average molecular weight is 302 g/mol. The second-order valence-electron chi connectivity index (χ2n) is 5.65. The maximum Gasteiger partial charge on any atom is 0.141 e. The van der Waals surface area contributed by atoms with Crippen molar-refractivity contribution in [3.63, 3.8) is 0 Å². The summed E-state index contributed by atoms with van der Waals surface area (Å²) >= 11 is 0. The lowest BCUT2D eigenvalue weighted by Gasteiger charge is -2.23. The molecule has 0 spiro atoms. The summed E-state index contributed by atoms with van der Waals surface area (Å²) in [6, 6.07) is 12.5. The number of pyridine rings is 1. The zero-order valence-electron chi connectivity index (χ0n) is 12.1. The number of hydrogen-bond donors (Lipinski definition) is 2. The standard InChI is InChI=1S/C17H19FN2O2/c18-13-6-7-14(19-8-13)9-20-10-15(17(22)16(20)11-21)12-4-2-1-3-5-12/h1-8,15-17,21-22H,9-11H2/t15-,16-,17-/m1/s1. The zero-order chi connectivity index (χ0) is 15.5. The van der Waals surface area contributed by atoms with Crippen LogP contribution in [0.2, 0.25) is 0 Å². The number of aliphatic hydroxyl groups excluding tert-OH is 2. The van der Waals surface area contributed by atoms with E-state index in [1.807, 2.05) is 35.2 Å². The molecular formula is C17H19FN2O2. The van der Waals surface area contributed by atoms with E-state index >= 15 is 0 Å². The van der Waals surface area contributed by atoms with Crippen LogP contribution in [0.1, 0.15) is 17.2 Å². The zero-order valence-corrected chi connectivity index (χ0v) is 12.1. The van der Waals surface area contributed by atoms with E-state index in [2.05, 4.69) is 4.98 Å². The Balaban J connectivity index is 1.78. The van der Waals surface area contributed by atoms with E-state index in [9.17, 15) is 14.6 Å². The second kappa shape index (κ2) is 6.52. The molecular weight excluding hydrogens is 283 g/mol. The van der Waals surface area contributed by atoms with Crippen molar-refractivity contribution in [3.05, 3.63) is 65.7 Å². The molecule has 2 aromatic rings. The molecule has 0 bridgehead atoms. The summed E-state index contributed by atoms with van der Waals surface area (Å²) in [5.74, 6) is -0.412. The summed E-state index contributed by atoms with van der Waals surface area (Å²) in [4.78, 5) is 6.06. The third-order valence-electron chi connectivity index (χ3n) is 4.28. The first-order valence-corrected chi connectivity index (χ1v) is 7.37. The Kier molecular flexibility index (Phi) is 4.47.